The molecule has 4 rings (SSSR count). The largest absolute Gasteiger partial charge is 0.474 e. The van der Waals surface area contributed by atoms with Crippen molar-refractivity contribution in [2.24, 2.45) is 0 Å². The number of nitrogens with zero attached hydrogens (tertiary/aromatic N) is 4. The van der Waals surface area contributed by atoms with Crippen LogP contribution in [0.25, 0.3) is 22.3 Å². The fourth-order valence-electron chi connectivity index (χ4n) is 3.37. The van der Waals surface area contributed by atoms with Crippen molar-refractivity contribution in [3.05, 3.63) is 35.9 Å². The zero-order valence-corrected chi connectivity index (χ0v) is 18.1. The van der Waals surface area contributed by atoms with Gasteiger partial charge in [0.2, 0.25) is 11.2 Å². The van der Waals surface area contributed by atoms with Gasteiger partial charge in [-0.3, -0.25) is 4.98 Å². The van der Waals surface area contributed by atoms with Crippen molar-refractivity contribution in [3.8, 4) is 17.1 Å². The summed E-state index contributed by atoms with van der Waals surface area (Å²) in [6.07, 6.45) is 4.51. The molecule has 0 aliphatic heterocycles. The fourth-order valence-corrected chi connectivity index (χ4v) is 3.54. The van der Waals surface area contributed by atoms with E-state index in [4.69, 9.17) is 21.1 Å². The first kappa shape index (κ1) is 20.4. The molecule has 3 aromatic rings. The topological polar surface area (TPSA) is 93.2 Å². The van der Waals surface area contributed by atoms with Crippen molar-refractivity contribution in [1.82, 2.24) is 24.8 Å². The molecule has 3 heterocycles. The van der Waals surface area contributed by atoms with Gasteiger partial charge in [-0.05, 0) is 44.5 Å². The molecule has 30 heavy (non-hydrogen) atoms. The van der Waals surface area contributed by atoms with Gasteiger partial charge in [-0.2, -0.15) is 9.97 Å². The molecule has 0 saturated heterocycles. The number of rotatable bonds is 4. The van der Waals surface area contributed by atoms with Crippen LogP contribution in [0.3, 0.4) is 0 Å². The van der Waals surface area contributed by atoms with E-state index in [0.717, 1.165) is 16.6 Å². The van der Waals surface area contributed by atoms with E-state index in [9.17, 15) is 4.79 Å². The van der Waals surface area contributed by atoms with E-state index in [2.05, 4.69) is 19.9 Å². The van der Waals surface area contributed by atoms with Gasteiger partial charge in [0.15, 0.2) is 0 Å². The number of halogens is 1. The summed E-state index contributed by atoms with van der Waals surface area (Å²) >= 11 is 6.10. The zero-order chi connectivity index (χ0) is 21.5. The van der Waals surface area contributed by atoms with E-state index in [1.807, 2.05) is 45.2 Å². The van der Waals surface area contributed by atoms with Crippen molar-refractivity contribution in [3.63, 3.8) is 0 Å². The molecule has 0 atom stereocenters. The lowest BCUT2D eigenvalue weighted by molar-refractivity contribution is -0.00930. The SMILES string of the molecule is CN(C(=O)OC(C)(C)C)C1CC(Oc2nc(Cl)nc3[nH]cc(-c4ccccn4)c23)C1. The molecular weight excluding hydrogens is 406 g/mol. The Kier molecular flexibility index (Phi) is 5.27. The van der Waals surface area contributed by atoms with Gasteiger partial charge in [-0.15, -0.1) is 0 Å². The van der Waals surface area contributed by atoms with Gasteiger partial charge in [0.05, 0.1) is 11.1 Å². The minimum Gasteiger partial charge on any atom is -0.474 e. The molecule has 9 heteroatoms. The van der Waals surface area contributed by atoms with Gasteiger partial charge in [0, 0.05) is 43.9 Å². The quantitative estimate of drug-likeness (QED) is 0.616. The second kappa shape index (κ2) is 7.75. The van der Waals surface area contributed by atoms with Crippen LogP contribution in [0.5, 0.6) is 5.88 Å². The summed E-state index contributed by atoms with van der Waals surface area (Å²) in [4.78, 5) is 30.0. The summed E-state index contributed by atoms with van der Waals surface area (Å²) in [7, 11) is 1.75. The molecule has 0 aromatic carbocycles. The first-order valence-electron chi connectivity index (χ1n) is 9.80. The molecule has 1 N–H and O–H groups in total. The minimum atomic E-state index is -0.523. The van der Waals surface area contributed by atoms with E-state index in [0.29, 0.717) is 24.4 Å². The minimum absolute atomic E-state index is 0.0548. The lowest BCUT2D eigenvalue weighted by Crippen LogP contribution is -2.51. The zero-order valence-electron chi connectivity index (χ0n) is 17.3. The third-order valence-corrected chi connectivity index (χ3v) is 5.16. The Hall–Kier alpha value is -2.87. The molecule has 1 aliphatic carbocycles. The van der Waals surface area contributed by atoms with E-state index >= 15 is 0 Å². The van der Waals surface area contributed by atoms with Crippen LogP contribution in [0.1, 0.15) is 33.6 Å². The summed E-state index contributed by atoms with van der Waals surface area (Å²) in [6.45, 7) is 5.56. The number of ether oxygens (including phenoxy) is 2. The maximum absolute atomic E-state index is 12.3. The predicted octanol–water partition coefficient (Wildman–Crippen LogP) is 4.45. The fraction of sp³-hybridized carbons (Fsp3) is 0.429. The van der Waals surface area contributed by atoms with Crippen molar-refractivity contribution in [2.75, 3.05) is 7.05 Å². The van der Waals surface area contributed by atoms with Gasteiger partial charge in [-0.25, -0.2) is 4.79 Å². The Labute approximate surface area is 179 Å². The Balaban J connectivity index is 1.50. The van der Waals surface area contributed by atoms with Gasteiger partial charge in [0.25, 0.3) is 0 Å². The molecule has 1 fully saturated rings. The molecule has 0 bridgehead atoms. The maximum Gasteiger partial charge on any atom is 0.410 e. The molecule has 0 unspecified atom stereocenters. The monoisotopic (exact) mass is 429 g/mol. The van der Waals surface area contributed by atoms with Crippen LogP contribution >= 0.6 is 11.6 Å². The van der Waals surface area contributed by atoms with Gasteiger partial charge in [0.1, 0.15) is 17.4 Å². The number of aromatic nitrogens is 4. The van der Waals surface area contributed by atoms with E-state index in [1.165, 1.54) is 0 Å². The van der Waals surface area contributed by atoms with Crippen LogP contribution in [0.2, 0.25) is 5.28 Å². The average Bonchev–Trinajstić information content (AvgIpc) is 3.06. The van der Waals surface area contributed by atoms with Crippen LogP contribution < -0.4 is 4.74 Å². The Morgan fingerprint density at radius 2 is 2.03 bits per heavy atom. The second-order valence-corrected chi connectivity index (χ2v) is 8.73. The van der Waals surface area contributed by atoms with Crippen LogP contribution in [0.15, 0.2) is 30.6 Å². The maximum atomic E-state index is 12.3. The Morgan fingerprint density at radius 1 is 1.27 bits per heavy atom. The number of hydrogen-bond acceptors (Lipinski definition) is 6. The van der Waals surface area contributed by atoms with Crippen molar-refractivity contribution < 1.29 is 14.3 Å². The Morgan fingerprint density at radius 3 is 2.70 bits per heavy atom. The van der Waals surface area contributed by atoms with Gasteiger partial charge in [-0.1, -0.05) is 6.07 Å². The highest BCUT2D eigenvalue weighted by Gasteiger charge is 2.38. The number of nitrogens with one attached hydrogen (secondary N) is 1. The molecular formula is C21H24ClN5O3. The second-order valence-electron chi connectivity index (χ2n) is 8.40. The third-order valence-electron chi connectivity index (χ3n) is 4.99. The summed E-state index contributed by atoms with van der Waals surface area (Å²) in [5, 5.41) is 0.843. The highest BCUT2D eigenvalue weighted by atomic mass is 35.5. The van der Waals surface area contributed by atoms with Crippen LogP contribution in [-0.4, -0.2) is 55.7 Å². The van der Waals surface area contributed by atoms with E-state index < -0.39 is 5.60 Å². The first-order valence-corrected chi connectivity index (χ1v) is 10.2. The average molecular weight is 430 g/mol. The summed E-state index contributed by atoms with van der Waals surface area (Å²) in [6, 6.07) is 5.75. The summed E-state index contributed by atoms with van der Waals surface area (Å²) in [5.41, 5.74) is 1.70. The number of amides is 1. The summed E-state index contributed by atoms with van der Waals surface area (Å²) in [5.74, 6) is 0.412. The van der Waals surface area contributed by atoms with Crippen LogP contribution in [0, 0.1) is 0 Å². The van der Waals surface area contributed by atoms with Crippen molar-refractivity contribution in [1.29, 1.82) is 0 Å². The third kappa shape index (κ3) is 4.18. The molecule has 1 saturated carbocycles. The van der Waals surface area contributed by atoms with Crippen molar-refractivity contribution >= 4 is 28.7 Å². The number of aromatic amines is 1. The molecule has 0 radical (unpaired) electrons. The van der Waals surface area contributed by atoms with Crippen LogP contribution in [0.4, 0.5) is 4.79 Å². The molecule has 3 aromatic heterocycles. The first-order chi connectivity index (χ1) is 14.2. The standard InChI is InChI=1S/C21H24ClN5O3/c1-21(2,3)30-20(28)27(4)12-9-13(10-12)29-18-16-14(15-7-5-6-8-23-15)11-24-17(16)25-19(22)26-18/h5-8,11-13H,9-10H2,1-4H3,(H,24,25,26). The van der Waals surface area contributed by atoms with E-state index in [1.54, 1.807) is 18.1 Å². The number of carbonyl (C=O) groups excluding carboxylic acids is 1. The number of fused-ring (bicyclic) bond motifs is 1. The predicted molar refractivity (Wildman–Crippen MR) is 114 cm³/mol. The molecule has 8 nitrogen and oxygen atoms in total. The number of hydrogen-bond donors (Lipinski definition) is 1. The highest BCUT2D eigenvalue weighted by Crippen LogP contribution is 2.36. The number of H-pyrrole nitrogens is 1. The lowest BCUT2D eigenvalue weighted by Gasteiger charge is -2.40. The Bertz CT molecular complexity index is 1060. The molecule has 1 aliphatic rings. The lowest BCUT2D eigenvalue weighted by atomic mass is 9.88. The molecule has 0 spiro atoms. The van der Waals surface area contributed by atoms with Crippen LogP contribution in [-0.2, 0) is 4.74 Å². The smallest absolute Gasteiger partial charge is 0.410 e. The van der Waals surface area contributed by atoms with Gasteiger partial charge < -0.3 is 19.4 Å². The molecule has 1 amide bonds. The number of carbonyl (C=O) groups is 1. The summed E-state index contributed by atoms with van der Waals surface area (Å²) < 4.78 is 11.6. The molecule has 158 valence electrons. The van der Waals surface area contributed by atoms with E-state index in [-0.39, 0.29) is 23.5 Å². The van der Waals surface area contributed by atoms with Crippen molar-refractivity contribution in [2.45, 2.75) is 51.4 Å². The van der Waals surface area contributed by atoms with Gasteiger partial charge >= 0.3 is 6.09 Å². The highest BCUT2D eigenvalue weighted by molar-refractivity contribution is 6.28. The number of pyridine rings is 1. The normalized spacial score (nSPS) is 18.7.